The Morgan fingerprint density at radius 2 is 2.12 bits per heavy atom. The molecule has 0 atom stereocenters. The van der Waals surface area contributed by atoms with E-state index in [0.29, 0.717) is 5.69 Å². The second kappa shape index (κ2) is 7.68. The number of rotatable bonds is 7. The zero-order chi connectivity index (χ0) is 17.7. The number of benzene rings is 1. The predicted octanol–water partition coefficient (Wildman–Crippen LogP) is 1.37. The van der Waals surface area contributed by atoms with Crippen LogP contribution >= 0.6 is 15.9 Å². The molecule has 0 fully saturated rings. The van der Waals surface area contributed by atoms with Gasteiger partial charge in [0.1, 0.15) is 5.82 Å². The molecule has 2 aromatic rings. The summed E-state index contributed by atoms with van der Waals surface area (Å²) in [5, 5.41) is 20.8. The third-order valence-electron chi connectivity index (χ3n) is 2.70. The number of hydrogen-bond donors (Lipinski definition) is 4. The lowest BCUT2D eigenvalue weighted by Gasteiger charge is -2.08. The number of hydrogen-bond acceptors (Lipinski definition) is 7. The molecule has 1 aromatic heterocycles. The Hall–Kier alpha value is -2.05. The first-order chi connectivity index (χ1) is 11.3. The molecular weight excluding hydrogens is 407 g/mol. The Morgan fingerprint density at radius 1 is 1.38 bits per heavy atom. The molecule has 0 saturated carbocycles. The SMILES string of the molecule is CS(=O)(=O)NCCNc1nonc1C(=N)Nc1ccc(F)c(Br)c1. The van der Waals surface area contributed by atoms with Crippen LogP contribution in [0, 0.1) is 11.2 Å². The molecule has 1 heterocycles. The van der Waals surface area contributed by atoms with Crippen molar-refractivity contribution in [1.82, 2.24) is 15.0 Å². The number of nitrogens with one attached hydrogen (secondary N) is 4. The minimum Gasteiger partial charge on any atom is -0.364 e. The smallest absolute Gasteiger partial charge is 0.208 e. The van der Waals surface area contributed by atoms with Crippen molar-refractivity contribution in [2.75, 3.05) is 30.0 Å². The maximum absolute atomic E-state index is 13.2. The number of amidine groups is 1. The van der Waals surface area contributed by atoms with Gasteiger partial charge in [-0.2, -0.15) is 0 Å². The van der Waals surface area contributed by atoms with Crippen molar-refractivity contribution in [1.29, 1.82) is 5.41 Å². The van der Waals surface area contributed by atoms with Gasteiger partial charge in [-0.05, 0) is 44.4 Å². The number of anilines is 2. The summed E-state index contributed by atoms with van der Waals surface area (Å²) in [5.41, 5.74) is 0.579. The van der Waals surface area contributed by atoms with Gasteiger partial charge in [0.25, 0.3) is 0 Å². The number of sulfonamides is 1. The lowest BCUT2D eigenvalue weighted by molar-refractivity contribution is 0.308. The second-order valence-corrected chi connectivity index (χ2v) is 7.37. The molecule has 1 aromatic carbocycles. The number of nitrogens with zero attached hydrogens (tertiary/aromatic N) is 2. The first kappa shape index (κ1) is 18.3. The average Bonchev–Trinajstić information content (AvgIpc) is 2.95. The molecule has 130 valence electrons. The highest BCUT2D eigenvalue weighted by atomic mass is 79.9. The number of aromatic nitrogens is 2. The molecule has 0 radical (unpaired) electrons. The topological polar surface area (TPSA) is 133 Å². The predicted molar refractivity (Wildman–Crippen MR) is 90.2 cm³/mol. The highest BCUT2D eigenvalue weighted by molar-refractivity contribution is 9.10. The maximum atomic E-state index is 13.2. The molecular formula is C12H14BrFN6O3S. The molecule has 0 bridgehead atoms. The van der Waals surface area contributed by atoms with Gasteiger partial charge in [0.15, 0.2) is 11.5 Å². The van der Waals surface area contributed by atoms with Gasteiger partial charge >= 0.3 is 0 Å². The standard InChI is InChI=1S/C12H14BrFN6O3S/c1-24(21,22)17-5-4-16-12-10(19-23-20-12)11(15)18-7-2-3-9(14)8(13)6-7/h2-3,6,17H,4-5H2,1H3,(H2,15,18)(H,16,20). The van der Waals surface area contributed by atoms with E-state index in [1.54, 1.807) is 0 Å². The molecule has 0 saturated heterocycles. The summed E-state index contributed by atoms with van der Waals surface area (Å²) in [6.45, 7) is 0.362. The van der Waals surface area contributed by atoms with Crippen LogP contribution in [0.5, 0.6) is 0 Å². The summed E-state index contributed by atoms with van der Waals surface area (Å²) >= 11 is 3.06. The minimum absolute atomic E-state index is 0.106. The number of halogens is 2. The minimum atomic E-state index is -3.28. The fraction of sp³-hybridized carbons (Fsp3) is 0.250. The van der Waals surface area contributed by atoms with Crippen molar-refractivity contribution in [3.8, 4) is 0 Å². The van der Waals surface area contributed by atoms with Crippen LogP contribution in [0.2, 0.25) is 0 Å². The first-order valence-corrected chi connectivity index (χ1v) is 9.27. The second-order valence-electron chi connectivity index (χ2n) is 4.68. The van der Waals surface area contributed by atoms with E-state index < -0.39 is 15.8 Å². The van der Waals surface area contributed by atoms with E-state index in [2.05, 4.69) is 46.2 Å². The van der Waals surface area contributed by atoms with E-state index in [0.717, 1.165) is 6.26 Å². The van der Waals surface area contributed by atoms with Gasteiger partial charge in [-0.1, -0.05) is 0 Å². The summed E-state index contributed by atoms with van der Waals surface area (Å²) in [5.74, 6) is -0.353. The maximum Gasteiger partial charge on any atom is 0.208 e. The molecule has 0 unspecified atom stereocenters. The summed E-state index contributed by atoms with van der Waals surface area (Å²) in [4.78, 5) is 0. The summed E-state index contributed by atoms with van der Waals surface area (Å²) in [6.07, 6.45) is 1.05. The van der Waals surface area contributed by atoms with Crippen LogP contribution in [0.3, 0.4) is 0 Å². The van der Waals surface area contributed by atoms with Crippen molar-refractivity contribution >= 4 is 43.3 Å². The molecule has 24 heavy (non-hydrogen) atoms. The first-order valence-electron chi connectivity index (χ1n) is 6.58. The molecule has 9 nitrogen and oxygen atoms in total. The van der Waals surface area contributed by atoms with Crippen LogP contribution in [-0.2, 0) is 10.0 Å². The summed E-state index contributed by atoms with van der Waals surface area (Å²) in [6, 6.07) is 4.18. The Morgan fingerprint density at radius 3 is 2.79 bits per heavy atom. The average molecular weight is 421 g/mol. The monoisotopic (exact) mass is 420 g/mol. The van der Waals surface area contributed by atoms with Gasteiger partial charge in [0.2, 0.25) is 15.8 Å². The van der Waals surface area contributed by atoms with E-state index in [9.17, 15) is 12.8 Å². The van der Waals surface area contributed by atoms with Crippen molar-refractivity contribution < 1.29 is 17.4 Å². The van der Waals surface area contributed by atoms with Crippen LogP contribution in [0.15, 0.2) is 27.3 Å². The highest BCUT2D eigenvalue weighted by Gasteiger charge is 2.15. The Bertz CT molecular complexity index is 841. The van der Waals surface area contributed by atoms with Crippen molar-refractivity contribution in [3.63, 3.8) is 0 Å². The van der Waals surface area contributed by atoms with E-state index in [-0.39, 0.29) is 34.9 Å². The third kappa shape index (κ3) is 5.25. The molecule has 0 aliphatic carbocycles. The van der Waals surface area contributed by atoms with Gasteiger partial charge in [0.05, 0.1) is 10.7 Å². The molecule has 0 spiro atoms. The largest absolute Gasteiger partial charge is 0.364 e. The Kier molecular flexibility index (Phi) is 5.85. The van der Waals surface area contributed by atoms with Crippen LogP contribution in [0.25, 0.3) is 0 Å². The summed E-state index contributed by atoms with van der Waals surface area (Å²) < 4.78 is 42.3. The molecule has 0 aliphatic rings. The van der Waals surface area contributed by atoms with Crippen LogP contribution in [0.4, 0.5) is 15.9 Å². The Balaban J connectivity index is 1.98. The fourth-order valence-electron chi connectivity index (χ4n) is 1.66. The molecule has 0 amide bonds. The zero-order valence-electron chi connectivity index (χ0n) is 12.4. The van der Waals surface area contributed by atoms with Gasteiger partial charge < -0.3 is 10.6 Å². The molecule has 4 N–H and O–H groups in total. The summed E-state index contributed by atoms with van der Waals surface area (Å²) in [7, 11) is -3.28. The lowest BCUT2D eigenvalue weighted by Crippen LogP contribution is -2.28. The molecule has 12 heteroatoms. The molecule has 0 aliphatic heterocycles. The third-order valence-corrected chi connectivity index (χ3v) is 4.03. The van der Waals surface area contributed by atoms with E-state index in [1.165, 1.54) is 18.2 Å². The van der Waals surface area contributed by atoms with Crippen molar-refractivity contribution in [3.05, 3.63) is 34.2 Å². The van der Waals surface area contributed by atoms with Gasteiger partial charge in [-0.3, -0.25) is 5.41 Å². The molecule has 2 rings (SSSR count). The van der Waals surface area contributed by atoms with Crippen LogP contribution in [0.1, 0.15) is 5.69 Å². The fourth-order valence-corrected chi connectivity index (χ4v) is 2.51. The van der Waals surface area contributed by atoms with Gasteiger partial charge in [-0.15, -0.1) is 0 Å². The van der Waals surface area contributed by atoms with Crippen LogP contribution in [-0.4, -0.2) is 43.9 Å². The van der Waals surface area contributed by atoms with Gasteiger partial charge in [0, 0.05) is 18.8 Å². The van der Waals surface area contributed by atoms with E-state index >= 15 is 0 Å². The quantitative estimate of drug-likeness (QED) is 0.302. The Labute approximate surface area is 145 Å². The lowest BCUT2D eigenvalue weighted by atomic mass is 10.3. The van der Waals surface area contributed by atoms with Crippen LogP contribution < -0.4 is 15.4 Å². The highest BCUT2D eigenvalue weighted by Crippen LogP contribution is 2.21. The normalized spacial score (nSPS) is 11.3. The van der Waals surface area contributed by atoms with Gasteiger partial charge in [-0.25, -0.2) is 22.2 Å². The van der Waals surface area contributed by atoms with E-state index in [4.69, 9.17) is 5.41 Å². The van der Waals surface area contributed by atoms with E-state index in [1.807, 2.05) is 0 Å². The zero-order valence-corrected chi connectivity index (χ0v) is 14.8. The van der Waals surface area contributed by atoms with Crippen molar-refractivity contribution in [2.24, 2.45) is 0 Å². The van der Waals surface area contributed by atoms with Crippen molar-refractivity contribution in [2.45, 2.75) is 0 Å².